The molecule has 2 aromatic rings. The molecular weight excluding hydrogens is 184 g/mol. The fourth-order valence-electron chi connectivity index (χ4n) is 1.45. The van der Waals surface area contributed by atoms with Gasteiger partial charge in [-0.15, -0.1) is 0 Å². The van der Waals surface area contributed by atoms with Crippen molar-refractivity contribution in [1.29, 1.82) is 0 Å². The van der Waals surface area contributed by atoms with Gasteiger partial charge in [0.25, 0.3) is 0 Å². The van der Waals surface area contributed by atoms with Crippen LogP contribution >= 0.6 is 0 Å². The first kappa shape index (κ1) is 9.71. The highest BCUT2D eigenvalue weighted by Gasteiger charge is 1.95. The summed E-state index contributed by atoms with van der Waals surface area (Å²) in [5.74, 6) is 0.880. The molecule has 1 aromatic heterocycles. The summed E-state index contributed by atoms with van der Waals surface area (Å²) in [5, 5.41) is 3.27. The molecule has 0 aliphatic carbocycles. The standard InChI is InChI=1S/C13H14N2/c1-2-11-6-5-7-12(10-11)15-13-8-3-4-9-14-13/h3-10H,2H2,1H3,(H,14,15). The zero-order valence-electron chi connectivity index (χ0n) is 8.77. The van der Waals surface area contributed by atoms with Gasteiger partial charge >= 0.3 is 0 Å². The van der Waals surface area contributed by atoms with Crippen LogP contribution in [-0.4, -0.2) is 4.98 Å². The summed E-state index contributed by atoms with van der Waals surface area (Å²) in [6, 6.07) is 14.2. The van der Waals surface area contributed by atoms with Gasteiger partial charge < -0.3 is 5.32 Å². The molecule has 0 radical (unpaired) electrons. The van der Waals surface area contributed by atoms with E-state index >= 15 is 0 Å². The van der Waals surface area contributed by atoms with Crippen LogP contribution in [0.15, 0.2) is 48.7 Å². The topological polar surface area (TPSA) is 24.9 Å². The molecule has 0 bridgehead atoms. The Morgan fingerprint density at radius 2 is 2.07 bits per heavy atom. The minimum absolute atomic E-state index is 0.880. The third-order valence-electron chi connectivity index (χ3n) is 2.27. The second kappa shape index (κ2) is 4.60. The van der Waals surface area contributed by atoms with Gasteiger partial charge in [0.05, 0.1) is 0 Å². The predicted octanol–water partition coefficient (Wildman–Crippen LogP) is 3.39. The van der Waals surface area contributed by atoms with E-state index < -0.39 is 0 Å². The molecule has 0 saturated carbocycles. The quantitative estimate of drug-likeness (QED) is 0.817. The van der Waals surface area contributed by atoms with Crippen LogP contribution in [0.25, 0.3) is 0 Å². The molecule has 2 rings (SSSR count). The normalized spacial score (nSPS) is 9.93. The molecule has 0 spiro atoms. The van der Waals surface area contributed by atoms with E-state index in [4.69, 9.17) is 0 Å². The molecule has 76 valence electrons. The Balaban J connectivity index is 2.17. The highest BCUT2D eigenvalue weighted by molar-refractivity contribution is 5.56. The number of rotatable bonds is 3. The highest BCUT2D eigenvalue weighted by atomic mass is 15.0. The molecule has 0 unspecified atom stereocenters. The fraction of sp³-hybridized carbons (Fsp3) is 0.154. The van der Waals surface area contributed by atoms with Gasteiger partial charge in [-0.1, -0.05) is 25.1 Å². The van der Waals surface area contributed by atoms with Crippen molar-refractivity contribution in [2.45, 2.75) is 13.3 Å². The van der Waals surface area contributed by atoms with Crippen LogP contribution in [0, 0.1) is 0 Å². The van der Waals surface area contributed by atoms with Crippen LogP contribution in [0.5, 0.6) is 0 Å². The minimum atomic E-state index is 0.880. The van der Waals surface area contributed by atoms with Gasteiger partial charge in [-0.3, -0.25) is 0 Å². The Labute approximate surface area is 90.0 Å². The smallest absolute Gasteiger partial charge is 0.130 e. The second-order valence-electron chi connectivity index (χ2n) is 3.39. The van der Waals surface area contributed by atoms with Crippen LogP contribution in [0.2, 0.25) is 0 Å². The summed E-state index contributed by atoms with van der Waals surface area (Å²) in [6.07, 6.45) is 2.84. The molecule has 0 fully saturated rings. The molecule has 2 nitrogen and oxygen atoms in total. The van der Waals surface area contributed by atoms with Gasteiger partial charge in [-0.2, -0.15) is 0 Å². The van der Waals surface area contributed by atoms with Crippen LogP contribution < -0.4 is 5.32 Å². The fourth-order valence-corrected chi connectivity index (χ4v) is 1.45. The number of aromatic nitrogens is 1. The number of benzene rings is 1. The number of pyridine rings is 1. The van der Waals surface area contributed by atoms with E-state index in [0.717, 1.165) is 17.9 Å². The Bertz CT molecular complexity index is 424. The molecule has 0 aliphatic rings. The molecule has 0 amide bonds. The SMILES string of the molecule is CCc1cccc(Nc2ccccn2)c1. The third-order valence-corrected chi connectivity index (χ3v) is 2.27. The monoisotopic (exact) mass is 198 g/mol. The van der Waals surface area contributed by atoms with E-state index in [1.807, 2.05) is 24.3 Å². The predicted molar refractivity (Wildman–Crippen MR) is 63.3 cm³/mol. The lowest BCUT2D eigenvalue weighted by Crippen LogP contribution is -1.93. The van der Waals surface area contributed by atoms with Crippen molar-refractivity contribution >= 4 is 11.5 Å². The number of aryl methyl sites for hydroxylation is 1. The number of anilines is 2. The van der Waals surface area contributed by atoms with Crippen molar-refractivity contribution in [3.05, 3.63) is 54.2 Å². The largest absolute Gasteiger partial charge is 0.340 e. The van der Waals surface area contributed by atoms with Gasteiger partial charge in [-0.05, 0) is 36.2 Å². The number of hydrogen-bond acceptors (Lipinski definition) is 2. The molecule has 0 saturated heterocycles. The maximum absolute atomic E-state index is 4.22. The van der Waals surface area contributed by atoms with E-state index in [0.29, 0.717) is 0 Å². The van der Waals surface area contributed by atoms with Crippen molar-refractivity contribution in [1.82, 2.24) is 4.98 Å². The average molecular weight is 198 g/mol. The Kier molecular flexibility index (Phi) is 2.98. The van der Waals surface area contributed by atoms with Gasteiger partial charge in [0.1, 0.15) is 5.82 Å². The van der Waals surface area contributed by atoms with Crippen molar-refractivity contribution in [3.63, 3.8) is 0 Å². The van der Waals surface area contributed by atoms with Crippen LogP contribution in [0.3, 0.4) is 0 Å². The van der Waals surface area contributed by atoms with Crippen LogP contribution in [-0.2, 0) is 6.42 Å². The Hall–Kier alpha value is -1.83. The molecule has 1 N–H and O–H groups in total. The van der Waals surface area contributed by atoms with Crippen molar-refractivity contribution in [2.24, 2.45) is 0 Å². The summed E-state index contributed by atoms with van der Waals surface area (Å²) >= 11 is 0. The van der Waals surface area contributed by atoms with Crippen LogP contribution in [0.4, 0.5) is 11.5 Å². The van der Waals surface area contributed by atoms with E-state index in [9.17, 15) is 0 Å². The number of nitrogens with zero attached hydrogens (tertiary/aromatic N) is 1. The summed E-state index contributed by atoms with van der Waals surface area (Å²) in [7, 11) is 0. The minimum Gasteiger partial charge on any atom is -0.340 e. The summed E-state index contributed by atoms with van der Waals surface area (Å²) in [6.45, 7) is 2.15. The molecule has 1 aromatic carbocycles. The maximum atomic E-state index is 4.22. The summed E-state index contributed by atoms with van der Waals surface area (Å²) in [4.78, 5) is 4.22. The van der Waals surface area contributed by atoms with Gasteiger partial charge in [-0.25, -0.2) is 4.98 Å². The van der Waals surface area contributed by atoms with E-state index in [-0.39, 0.29) is 0 Å². The second-order valence-corrected chi connectivity index (χ2v) is 3.39. The van der Waals surface area contributed by atoms with Crippen molar-refractivity contribution in [3.8, 4) is 0 Å². The first-order valence-corrected chi connectivity index (χ1v) is 5.15. The van der Waals surface area contributed by atoms with Crippen molar-refractivity contribution < 1.29 is 0 Å². The van der Waals surface area contributed by atoms with Gasteiger partial charge in [0.15, 0.2) is 0 Å². The molecule has 1 heterocycles. The lowest BCUT2D eigenvalue weighted by atomic mass is 10.1. The molecular formula is C13H14N2. The van der Waals surface area contributed by atoms with Crippen molar-refractivity contribution in [2.75, 3.05) is 5.32 Å². The molecule has 2 heteroatoms. The molecule has 15 heavy (non-hydrogen) atoms. The molecule has 0 atom stereocenters. The first-order valence-electron chi connectivity index (χ1n) is 5.15. The molecule has 0 aliphatic heterocycles. The van der Waals surface area contributed by atoms with Gasteiger partial charge in [0.2, 0.25) is 0 Å². The zero-order valence-corrected chi connectivity index (χ0v) is 8.77. The number of nitrogens with one attached hydrogen (secondary N) is 1. The number of hydrogen-bond donors (Lipinski definition) is 1. The summed E-state index contributed by atoms with van der Waals surface area (Å²) in [5.41, 5.74) is 2.42. The van der Waals surface area contributed by atoms with Crippen LogP contribution in [0.1, 0.15) is 12.5 Å². The van der Waals surface area contributed by atoms with Gasteiger partial charge in [0, 0.05) is 11.9 Å². The average Bonchev–Trinajstić information content (AvgIpc) is 2.31. The van der Waals surface area contributed by atoms with E-state index in [2.05, 4.69) is 35.4 Å². The highest BCUT2D eigenvalue weighted by Crippen LogP contribution is 2.15. The maximum Gasteiger partial charge on any atom is 0.130 e. The van der Waals surface area contributed by atoms with E-state index in [1.165, 1.54) is 5.56 Å². The lowest BCUT2D eigenvalue weighted by molar-refractivity contribution is 1.14. The zero-order chi connectivity index (χ0) is 10.5. The first-order chi connectivity index (χ1) is 7.38. The summed E-state index contributed by atoms with van der Waals surface area (Å²) < 4.78 is 0. The lowest BCUT2D eigenvalue weighted by Gasteiger charge is -2.06. The van der Waals surface area contributed by atoms with E-state index in [1.54, 1.807) is 6.20 Å². The Morgan fingerprint density at radius 1 is 1.13 bits per heavy atom. The third kappa shape index (κ3) is 2.56. The Morgan fingerprint density at radius 3 is 2.80 bits per heavy atom.